The molecular weight excluding hydrogens is 475 g/mol. The normalized spacial score (nSPS) is 11.2. The highest BCUT2D eigenvalue weighted by atomic mass is 127. The number of rotatable bonds is 7. The van der Waals surface area contributed by atoms with Crippen molar-refractivity contribution >= 4 is 29.9 Å². The van der Waals surface area contributed by atoms with E-state index in [1.54, 1.807) is 0 Å². The fourth-order valence-corrected chi connectivity index (χ4v) is 3.09. The smallest absolute Gasteiger partial charge is 0.216 e. The van der Waals surface area contributed by atoms with Gasteiger partial charge in [-0.1, -0.05) is 60.7 Å². The topological polar surface area (TPSA) is 62.5 Å². The van der Waals surface area contributed by atoms with Crippen LogP contribution in [0.3, 0.4) is 0 Å². The maximum absolute atomic E-state index is 5.63. The third-order valence-electron chi connectivity index (χ3n) is 4.67. The number of hydrogen-bond donors (Lipinski definition) is 2. The molecule has 29 heavy (non-hydrogen) atoms. The van der Waals surface area contributed by atoms with Crippen LogP contribution in [0.15, 0.2) is 70.1 Å². The Morgan fingerprint density at radius 1 is 0.966 bits per heavy atom. The summed E-state index contributed by atoms with van der Waals surface area (Å²) in [6.45, 7) is 7.86. The third kappa shape index (κ3) is 6.59. The standard InChI is InChI=1S/C23H28N4O.HI/c1-4-24-23(26-16-22-27-17(2)18(3)28-22)25-15-21(19-11-7-5-8-12-19)20-13-9-6-10-14-20;/h5-14,21H,4,15-16H2,1-3H3,(H2,24,25,26);1H. The van der Waals surface area contributed by atoms with Crippen LogP contribution in [-0.2, 0) is 6.54 Å². The monoisotopic (exact) mass is 504 g/mol. The Balaban J connectivity index is 0.00000300. The zero-order valence-electron chi connectivity index (χ0n) is 17.2. The van der Waals surface area contributed by atoms with Gasteiger partial charge < -0.3 is 15.1 Å². The van der Waals surface area contributed by atoms with Gasteiger partial charge >= 0.3 is 0 Å². The molecule has 0 radical (unpaired) electrons. The summed E-state index contributed by atoms with van der Waals surface area (Å²) in [5.74, 6) is 2.47. The number of nitrogens with zero attached hydrogens (tertiary/aromatic N) is 2. The highest BCUT2D eigenvalue weighted by molar-refractivity contribution is 14.0. The molecule has 6 heteroatoms. The van der Waals surface area contributed by atoms with Crippen molar-refractivity contribution in [2.24, 2.45) is 4.99 Å². The molecule has 0 unspecified atom stereocenters. The molecule has 2 N–H and O–H groups in total. The summed E-state index contributed by atoms with van der Waals surface area (Å²) >= 11 is 0. The van der Waals surface area contributed by atoms with Crippen LogP contribution in [0.1, 0.15) is 41.3 Å². The van der Waals surface area contributed by atoms with E-state index >= 15 is 0 Å². The van der Waals surface area contributed by atoms with Gasteiger partial charge in [0.05, 0.1) is 5.69 Å². The van der Waals surface area contributed by atoms with E-state index in [4.69, 9.17) is 4.42 Å². The van der Waals surface area contributed by atoms with Crippen LogP contribution < -0.4 is 10.6 Å². The number of guanidine groups is 1. The zero-order valence-corrected chi connectivity index (χ0v) is 19.5. The SMILES string of the molecule is CCNC(=NCc1nc(C)c(C)o1)NCC(c1ccccc1)c1ccccc1.I. The molecule has 0 atom stereocenters. The van der Waals surface area contributed by atoms with E-state index < -0.39 is 0 Å². The van der Waals surface area contributed by atoms with Gasteiger partial charge in [-0.2, -0.15) is 0 Å². The Kier molecular flexibility index (Phi) is 9.18. The van der Waals surface area contributed by atoms with Crippen molar-refractivity contribution in [2.45, 2.75) is 33.2 Å². The number of halogens is 1. The Morgan fingerprint density at radius 2 is 1.55 bits per heavy atom. The first-order valence-electron chi connectivity index (χ1n) is 9.72. The number of benzene rings is 2. The molecule has 154 valence electrons. The van der Waals surface area contributed by atoms with Crippen LogP contribution in [0.4, 0.5) is 0 Å². The summed E-state index contributed by atoms with van der Waals surface area (Å²) < 4.78 is 5.63. The number of aliphatic imine (C=N–C) groups is 1. The quantitative estimate of drug-likeness (QED) is 0.276. The second-order valence-electron chi connectivity index (χ2n) is 6.70. The minimum absolute atomic E-state index is 0. The molecule has 2 aromatic carbocycles. The van der Waals surface area contributed by atoms with Gasteiger partial charge in [-0.05, 0) is 31.9 Å². The largest absolute Gasteiger partial charge is 0.444 e. The van der Waals surface area contributed by atoms with E-state index in [1.807, 2.05) is 26.0 Å². The molecule has 0 aliphatic rings. The molecular formula is C23H29IN4O. The van der Waals surface area contributed by atoms with Gasteiger partial charge in [-0.15, -0.1) is 24.0 Å². The van der Waals surface area contributed by atoms with Gasteiger partial charge in [0.1, 0.15) is 12.3 Å². The van der Waals surface area contributed by atoms with Crippen molar-refractivity contribution < 1.29 is 4.42 Å². The van der Waals surface area contributed by atoms with E-state index in [1.165, 1.54) is 11.1 Å². The molecule has 0 aliphatic heterocycles. The van der Waals surface area contributed by atoms with Gasteiger partial charge in [0, 0.05) is 19.0 Å². The molecule has 1 heterocycles. The molecule has 0 bridgehead atoms. The van der Waals surface area contributed by atoms with Crippen LogP contribution in [0, 0.1) is 13.8 Å². The summed E-state index contributed by atoms with van der Waals surface area (Å²) in [6.07, 6.45) is 0. The van der Waals surface area contributed by atoms with Crippen LogP contribution in [0.2, 0.25) is 0 Å². The molecule has 0 spiro atoms. The highest BCUT2D eigenvalue weighted by Gasteiger charge is 2.14. The van der Waals surface area contributed by atoms with Gasteiger partial charge in [0.2, 0.25) is 5.89 Å². The zero-order chi connectivity index (χ0) is 19.8. The third-order valence-corrected chi connectivity index (χ3v) is 4.67. The van der Waals surface area contributed by atoms with Crippen molar-refractivity contribution in [3.63, 3.8) is 0 Å². The van der Waals surface area contributed by atoms with Crippen LogP contribution >= 0.6 is 24.0 Å². The van der Waals surface area contributed by atoms with E-state index in [-0.39, 0.29) is 29.9 Å². The predicted octanol–water partition coefficient (Wildman–Crippen LogP) is 4.80. The second kappa shape index (κ2) is 11.6. The summed E-state index contributed by atoms with van der Waals surface area (Å²) in [4.78, 5) is 9.04. The molecule has 5 nitrogen and oxygen atoms in total. The van der Waals surface area contributed by atoms with Crippen molar-refractivity contribution in [2.75, 3.05) is 13.1 Å². The van der Waals surface area contributed by atoms with Crippen molar-refractivity contribution in [1.29, 1.82) is 0 Å². The summed E-state index contributed by atoms with van der Waals surface area (Å²) in [7, 11) is 0. The fraction of sp³-hybridized carbons (Fsp3) is 0.304. The molecule has 3 aromatic rings. The molecule has 0 saturated heterocycles. The number of oxazole rings is 1. The van der Waals surface area contributed by atoms with Crippen molar-refractivity contribution in [1.82, 2.24) is 15.6 Å². The maximum Gasteiger partial charge on any atom is 0.216 e. The first kappa shape index (κ1) is 22.9. The van der Waals surface area contributed by atoms with E-state index in [0.29, 0.717) is 12.4 Å². The Hall–Kier alpha value is -2.35. The number of aryl methyl sites for hydroxylation is 2. The predicted molar refractivity (Wildman–Crippen MR) is 129 cm³/mol. The molecule has 0 fully saturated rings. The maximum atomic E-state index is 5.63. The molecule has 3 rings (SSSR count). The summed E-state index contributed by atoms with van der Waals surface area (Å²) in [5, 5.41) is 6.78. The molecule has 0 amide bonds. The van der Waals surface area contributed by atoms with Gasteiger partial charge in [-0.25, -0.2) is 9.98 Å². The summed E-state index contributed by atoms with van der Waals surface area (Å²) in [5.41, 5.74) is 3.46. The lowest BCUT2D eigenvalue weighted by atomic mass is 9.91. The average Bonchev–Trinajstić information content (AvgIpc) is 3.05. The first-order valence-corrected chi connectivity index (χ1v) is 9.72. The first-order chi connectivity index (χ1) is 13.7. The Morgan fingerprint density at radius 3 is 2.03 bits per heavy atom. The van der Waals surface area contributed by atoms with E-state index in [2.05, 4.69) is 76.1 Å². The number of aromatic nitrogens is 1. The minimum Gasteiger partial charge on any atom is -0.444 e. The highest BCUT2D eigenvalue weighted by Crippen LogP contribution is 2.23. The van der Waals surface area contributed by atoms with Gasteiger partial charge in [0.25, 0.3) is 0 Å². The van der Waals surface area contributed by atoms with Crippen molar-refractivity contribution in [3.8, 4) is 0 Å². The van der Waals surface area contributed by atoms with Gasteiger partial charge in [0.15, 0.2) is 5.96 Å². The van der Waals surface area contributed by atoms with Crippen molar-refractivity contribution in [3.05, 3.63) is 89.1 Å². The minimum atomic E-state index is 0. The number of nitrogens with one attached hydrogen (secondary N) is 2. The second-order valence-corrected chi connectivity index (χ2v) is 6.70. The molecule has 0 saturated carbocycles. The molecule has 1 aromatic heterocycles. The van der Waals surface area contributed by atoms with Crippen LogP contribution in [0.25, 0.3) is 0 Å². The van der Waals surface area contributed by atoms with Crippen LogP contribution in [-0.4, -0.2) is 24.0 Å². The van der Waals surface area contributed by atoms with Crippen LogP contribution in [0.5, 0.6) is 0 Å². The lowest BCUT2D eigenvalue weighted by Gasteiger charge is -2.20. The van der Waals surface area contributed by atoms with E-state index in [0.717, 1.165) is 30.5 Å². The lowest BCUT2D eigenvalue weighted by Crippen LogP contribution is -2.39. The summed E-state index contributed by atoms with van der Waals surface area (Å²) in [6, 6.07) is 21.1. The van der Waals surface area contributed by atoms with Gasteiger partial charge in [-0.3, -0.25) is 0 Å². The average molecular weight is 504 g/mol. The van der Waals surface area contributed by atoms with E-state index in [9.17, 15) is 0 Å². The molecule has 0 aliphatic carbocycles. The Bertz CT molecular complexity index is 835. The number of hydrogen-bond acceptors (Lipinski definition) is 3. The fourth-order valence-electron chi connectivity index (χ4n) is 3.09. The lowest BCUT2D eigenvalue weighted by molar-refractivity contribution is 0.472. The Labute approximate surface area is 190 Å².